The number of rotatable bonds is 5. The molecule has 0 aliphatic carbocycles. The summed E-state index contributed by atoms with van der Waals surface area (Å²) >= 11 is 0. The monoisotopic (exact) mass is 292 g/mol. The van der Waals surface area contributed by atoms with Crippen molar-refractivity contribution in [2.75, 3.05) is 20.8 Å². The zero-order valence-corrected chi connectivity index (χ0v) is 11.8. The predicted molar refractivity (Wildman–Crippen MR) is 74.4 cm³/mol. The summed E-state index contributed by atoms with van der Waals surface area (Å²) in [5.74, 6) is 0.135. The number of nitrogens with one attached hydrogen (secondary N) is 2. The Balaban J connectivity index is 2.27. The Hall–Kier alpha value is -2.70. The number of hydrogen-bond acceptors (Lipinski definition) is 5. The van der Waals surface area contributed by atoms with Crippen molar-refractivity contribution >= 4 is 12.0 Å². The van der Waals surface area contributed by atoms with Gasteiger partial charge in [-0.3, -0.25) is 5.32 Å². The third kappa shape index (κ3) is 2.76. The van der Waals surface area contributed by atoms with Gasteiger partial charge >= 0.3 is 12.0 Å². The standard InChI is InChI=1S/C14H16N2O5/c1-4-7-15-14(18)16-12-8-5-6-9(19-2)11(20-3)10(8)13(17)21-12/h4-6,12H,1,7H2,2-3H3,(H2,15,16,18)/t12-/m0/s1. The van der Waals surface area contributed by atoms with Crippen LogP contribution in [-0.4, -0.2) is 32.8 Å². The first-order valence-electron chi connectivity index (χ1n) is 6.23. The number of benzene rings is 1. The number of hydrogen-bond donors (Lipinski definition) is 2. The van der Waals surface area contributed by atoms with Crippen molar-refractivity contribution in [1.29, 1.82) is 0 Å². The Morgan fingerprint density at radius 3 is 2.81 bits per heavy atom. The molecule has 2 rings (SSSR count). The molecular weight excluding hydrogens is 276 g/mol. The number of cyclic esters (lactones) is 1. The van der Waals surface area contributed by atoms with E-state index in [1.807, 2.05) is 0 Å². The van der Waals surface area contributed by atoms with Crippen LogP contribution in [0.25, 0.3) is 0 Å². The summed E-state index contributed by atoms with van der Waals surface area (Å²) in [6.45, 7) is 3.81. The van der Waals surface area contributed by atoms with Crippen LogP contribution >= 0.6 is 0 Å². The van der Waals surface area contributed by atoms with Gasteiger partial charge in [0.25, 0.3) is 0 Å². The maximum atomic E-state index is 12.0. The minimum absolute atomic E-state index is 0.255. The number of fused-ring (bicyclic) bond motifs is 1. The van der Waals surface area contributed by atoms with Crippen LogP contribution < -0.4 is 20.1 Å². The molecule has 2 N–H and O–H groups in total. The minimum atomic E-state index is -0.864. The molecule has 1 aliphatic heterocycles. The summed E-state index contributed by atoms with van der Waals surface area (Å²) in [5.41, 5.74) is 0.775. The van der Waals surface area contributed by atoms with Gasteiger partial charge in [0.2, 0.25) is 6.23 Å². The number of methoxy groups -OCH3 is 2. The molecular formula is C14H16N2O5. The van der Waals surface area contributed by atoms with Gasteiger partial charge in [-0.2, -0.15) is 0 Å². The second-order valence-corrected chi connectivity index (χ2v) is 4.19. The van der Waals surface area contributed by atoms with E-state index >= 15 is 0 Å². The summed E-state index contributed by atoms with van der Waals surface area (Å²) < 4.78 is 15.5. The van der Waals surface area contributed by atoms with E-state index in [0.29, 0.717) is 17.9 Å². The molecule has 7 heteroatoms. The van der Waals surface area contributed by atoms with Crippen LogP contribution in [0.5, 0.6) is 11.5 Å². The maximum Gasteiger partial charge on any atom is 0.344 e. The van der Waals surface area contributed by atoms with Gasteiger partial charge in [0.15, 0.2) is 11.5 Å². The maximum absolute atomic E-state index is 12.0. The first-order valence-corrected chi connectivity index (χ1v) is 6.23. The molecule has 0 unspecified atom stereocenters. The topological polar surface area (TPSA) is 85.9 Å². The molecule has 1 aromatic carbocycles. The molecule has 0 saturated carbocycles. The van der Waals surface area contributed by atoms with Gasteiger partial charge in [0.1, 0.15) is 5.56 Å². The van der Waals surface area contributed by atoms with Crippen LogP contribution in [0, 0.1) is 0 Å². The Morgan fingerprint density at radius 2 is 2.19 bits per heavy atom. The predicted octanol–water partition coefficient (Wildman–Crippen LogP) is 1.36. The average Bonchev–Trinajstić information content (AvgIpc) is 2.80. The highest BCUT2D eigenvalue weighted by molar-refractivity contribution is 5.98. The molecule has 0 spiro atoms. The molecule has 0 aromatic heterocycles. The number of amides is 2. The quantitative estimate of drug-likeness (QED) is 0.632. The number of carbonyl (C=O) groups excluding carboxylic acids is 2. The minimum Gasteiger partial charge on any atom is -0.493 e. The van der Waals surface area contributed by atoms with Crippen LogP contribution in [-0.2, 0) is 4.74 Å². The van der Waals surface area contributed by atoms with E-state index in [2.05, 4.69) is 17.2 Å². The molecule has 1 aliphatic rings. The fourth-order valence-corrected chi connectivity index (χ4v) is 2.04. The second kappa shape index (κ2) is 6.17. The Morgan fingerprint density at radius 1 is 1.43 bits per heavy atom. The lowest BCUT2D eigenvalue weighted by Crippen LogP contribution is -2.38. The summed E-state index contributed by atoms with van der Waals surface area (Å²) in [6.07, 6.45) is 0.680. The molecule has 0 saturated heterocycles. The SMILES string of the molecule is C=CCNC(=O)N[C@H]1OC(=O)c2c1ccc(OC)c2OC. The van der Waals surface area contributed by atoms with Gasteiger partial charge in [-0.15, -0.1) is 6.58 Å². The van der Waals surface area contributed by atoms with E-state index in [0.717, 1.165) is 0 Å². The summed E-state index contributed by atoms with van der Waals surface area (Å²) in [4.78, 5) is 23.6. The van der Waals surface area contributed by atoms with Crippen LogP contribution in [0.3, 0.4) is 0 Å². The van der Waals surface area contributed by atoms with Crippen LogP contribution in [0.2, 0.25) is 0 Å². The third-order valence-corrected chi connectivity index (χ3v) is 2.96. The van der Waals surface area contributed by atoms with Gasteiger partial charge in [-0.1, -0.05) is 6.08 Å². The number of ether oxygens (including phenoxy) is 3. The highest BCUT2D eigenvalue weighted by Crippen LogP contribution is 2.40. The fourth-order valence-electron chi connectivity index (χ4n) is 2.04. The summed E-state index contributed by atoms with van der Waals surface area (Å²) in [6, 6.07) is 2.84. The largest absolute Gasteiger partial charge is 0.493 e. The molecule has 0 radical (unpaired) electrons. The van der Waals surface area contributed by atoms with E-state index in [1.54, 1.807) is 18.2 Å². The molecule has 1 atom stereocenters. The lowest BCUT2D eigenvalue weighted by Gasteiger charge is -2.14. The van der Waals surface area contributed by atoms with E-state index in [-0.39, 0.29) is 11.3 Å². The molecule has 0 bridgehead atoms. The fraction of sp³-hybridized carbons (Fsp3) is 0.286. The van der Waals surface area contributed by atoms with Crippen molar-refractivity contribution in [3.05, 3.63) is 35.9 Å². The van der Waals surface area contributed by atoms with Crippen molar-refractivity contribution in [2.24, 2.45) is 0 Å². The van der Waals surface area contributed by atoms with Gasteiger partial charge in [0.05, 0.1) is 14.2 Å². The molecule has 1 aromatic rings. The van der Waals surface area contributed by atoms with Crippen molar-refractivity contribution in [3.63, 3.8) is 0 Å². The van der Waals surface area contributed by atoms with E-state index in [4.69, 9.17) is 14.2 Å². The first kappa shape index (κ1) is 14.7. The zero-order chi connectivity index (χ0) is 15.4. The molecule has 2 amide bonds. The van der Waals surface area contributed by atoms with Crippen molar-refractivity contribution < 1.29 is 23.8 Å². The number of carbonyl (C=O) groups is 2. The molecule has 1 heterocycles. The highest BCUT2D eigenvalue weighted by atomic mass is 16.6. The Labute approximate surface area is 121 Å². The van der Waals surface area contributed by atoms with E-state index < -0.39 is 18.2 Å². The Bertz CT molecular complexity index is 585. The molecule has 112 valence electrons. The highest BCUT2D eigenvalue weighted by Gasteiger charge is 2.36. The number of urea groups is 1. The smallest absolute Gasteiger partial charge is 0.344 e. The molecule has 21 heavy (non-hydrogen) atoms. The first-order chi connectivity index (χ1) is 10.1. The zero-order valence-electron chi connectivity index (χ0n) is 11.8. The van der Waals surface area contributed by atoms with Crippen LogP contribution in [0.1, 0.15) is 22.1 Å². The van der Waals surface area contributed by atoms with E-state index in [1.165, 1.54) is 14.2 Å². The van der Waals surface area contributed by atoms with Crippen molar-refractivity contribution in [2.45, 2.75) is 6.23 Å². The van der Waals surface area contributed by atoms with Crippen molar-refractivity contribution in [1.82, 2.24) is 10.6 Å². The molecule has 7 nitrogen and oxygen atoms in total. The third-order valence-electron chi connectivity index (χ3n) is 2.96. The Kier molecular flexibility index (Phi) is 4.32. The number of esters is 1. The lowest BCUT2D eigenvalue weighted by molar-refractivity contribution is 0.0336. The van der Waals surface area contributed by atoms with Crippen LogP contribution in [0.4, 0.5) is 4.79 Å². The van der Waals surface area contributed by atoms with Crippen LogP contribution in [0.15, 0.2) is 24.8 Å². The summed E-state index contributed by atoms with van der Waals surface area (Å²) in [5, 5.41) is 5.09. The van der Waals surface area contributed by atoms with Gasteiger partial charge in [-0.05, 0) is 12.1 Å². The van der Waals surface area contributed by atoms with Crippen molar-refractivity contribution in [3.8, 4) is 11.5 Å². The van der Waals surface area contributed by atoms with Gasteiger partial charge in [0, 0.05) is 12.1 Å². The lowest BCUT2D eigenvalue weighted by atomic mass is 10.1. The van der Waals surface area contributed by atoms with E-state index in [9.17, 15) is 9.59 Å². The molecule has 0 fully saturated rings. The summed E-state index contributed by atoms with van der Waals surface area (Å²) in [7, 11) is 2.91. The second-order valence-electron chi connectivity index (χ2n) is 4.19. The van der Waals surface area contributed by atoms with Gasteiger partial charge < -0.3 is 19.5 Å². The normalized spacial score (nSPS) is 15.7. The average molecular weight is 292 g/mol. The van der Waals surface area contributed by atoms with Gasteiger partial charge in [-0.25, -0.2) is 9.59 Å².